The molecule has 3 rings (SSSR count). The third-order valence-corrected chi connectivity index (χ3v) is 2.87. The van der Waals surface area contributed by atoms with Gasteiger partial charge in [0.25, 0.3) is 0 Å². The average molecular weight is 274 g/mol. The van der Waals surface area contributed by atoms with Gasteiger partial charge in [0, 0.05) is 28.9 Å². The molecule has 0 saturated carbocycles. The number of nitrogens with zero attached hydrogens (tertiary/aromatic N) is 2. The van der Waals surface area contributed by atoms with E-state index in [0.717, 1.165) is 16.8 Å². The maximum atomic E-state index is 4.35. The Morgan fingerprint density at radius 1 is 1.12 bits per heavy atom. The van der Waals surface area contributed by atoms with Crippen LogP contribution in [0.3, 0.4) is 0 Å². The Labute approximate surface area is 101 Å². The van der Waals surface area contributed by atoms with E-state index in [1.807, 2.05) is 24.4 Å². The van der Waals surface area contributed by atoms with Crippen LogP contribution >= 0.6 is 15.9 Å². The van der Waals surface area contributed by atoms with Crippen molar-refractivity contribution in [1.82, 2.24) is 15.0 Å². The van der Waals surface area contributed by atoms with Gasteiger partial charge in [0.2, 0.25) is 0 Å². The first kappa shape index (κ1) is 9.54. The van der Waals surface area contributed by atoms with E-state index in [-0.39, 0.29) is 0 Å². The van der Waals surface area contributed by atoms with E-state index < -0.39 is 0 Å². The van der Waals surface area contributed by atoms with E-state index >= 15 is 0 Å². The Morgan fingerprint density at radius 3 is 2.88 bits per heavy atom. The monoisotopic (exact) mass is 273 g/mol. The summed E-state index contributed by atoms with van der Waals surface area (Å²) in [5.74, 6) is 0. The summed E-state index contributed by atoms with van der Waals surface area (Å²) in [6.45, 7) is 0. The fourth-order valence-electron chi connectivity index (χ4n) is 1.77. The smallest absolute Gasteiger partial charge is 0.197 e. The third-order valence-electron chi connectivity index (χ3n) is 2.49. The van der Waals surface area contributed by atoms with Gasteiger partial charge in [-0.1, -0.05) is 18.2 Å². The summed E-state index contributed by atoms with van der Waals surface area (Å²) < 4.78 is 0.607. The van der Waals surface area contributed by atoms with Crippen molar-refractivity contribution in [1.29, 1.82) is 0 Å². The summed E-state index contributed by atoms with van der Waals surface area (Å²) in [5.41, 5.74) is 3.13. The molecule has 0 atom stereocenters. The first-order valence-electron chi connectivity index (χ1n) is 4.89. The summed E-state index contributed by atoms with van der Waals surface area (Å²) in [4.78, 5) is 11.6. The molecule has 2 aromatic heterocycles. The predicted molar refractivity (Wildman–Crippen MR) is 67.0 cm³/mol. The number of aromatic nitrogens is 3. The lowest BCUT2D eigenvalue weighted by atomic mass is 10.1. The molecular formula is C12H8BrN3. The van der Waals surface area contributed by atoms with Crippen LogP contribution in [0.25, 0.3) is 22.2 Å². The fourth-order valence-corrected chi connectivity index (χ4v) is 2.08. The fraction of sp³-hybridized carbons (Fsp3) is 0. The van der Waals surface area contributed by atoms with Crippen LogP contribution in [-0.2, 0) is 0 Å². The van der Waals surface area contributed by atoms with Crippen molar-refractivity contribution in [2.24, 2.45) is 0 Å². The van der Waals surface area contributed by atoms with E-state index in [2.05, 4.69) is 43.0 Å². The maximum Gasteiger partial charge on any atom is 0.197 e. The number of benzene rings is 1. The van der Waals surface area contributed by atoms with E-state index in [1.54, 1.807) is 6.20 Å². The van der Waals surface area contributed by atoms with Crippen LogP contribution < -0.4 is 0 Å². The van der Waals surface area contributed by atoms with Gasteiger partial charge in [0.1, 0.15) is 0 Å². The van der Waals surface area contributed by atoms with E-state index in [0.29, 0.717) is 4.73 Å². The second kappa shape index (κ2) is 3.72. The molecule has 2 heterocycles. The minimum absolute atomic E-state index is 0.607. The lowest BCUT2D eigenvalue weighted by Gasteiger charge is -1.98. The van der Waals surface area contributed by atoms with E-state index in [1.165, 1.54) is 5.39 Å². The number of hydrogen-bond acceptors (Lipinski definition) is 2. The molecular weight excluding hydrogens is 266 g/mol. The van der Waals surface area contributed by atoms with Gasteiger partial charge in [-0.05, 0) is 28.1 Å². The van der Waals surface area contributed by atoms with Crippen molar-refractivity contribution in [3.8, 4) is 11.3 Å². The zero-order valence-electron chi connectivity index (χ0n) is 8.31. The highest BCUT2D eigenvalue weighted by Gasteiger charge is 2.06. The Morgan fingerprint density at radius 2 is 2.00 bits per heavy atom. The third kappa shape index (κ3) is 1.51. The number of hydrogen-bond donors (Lipinski definition) is 1. The van der Waals surface area contributed by atoms with Gasteiger partial charge in [0.15, 0.2) is 4.73 Å². The molecule has 4 heteroatoms. The largest absolute Gasteiger partial charge is 0.360 e. The SMILES string of the molecule is Brc1nccc(-c2c[nH]c3ccccc23)n1. The topological polar surface area (TPSA) is 41.6 Å². The van der Waals surface area contributed by atoms with Gasteiger partial charge >= 0.3 is 0 Å². The van der Waals surface area contributed by atoms with Crippen molar-refractivity contribution in [2.45, 2.75) is 0 Å². The summed E-state index contributed by atoms with van der Waals surface area (Å²) in [7, 11) is 0. The Balaban J connectivity index is 2.26. The molecule has 16 heavy (non-hydrogen) atoms. The van der Waals surface area contributed by atoms with E-state index in [9.17, 15) is 0 Å². The molecule has 0 aliphatic carbocycles. The van der Waals surface area contributed by atoms with Crippen molar-refractivity contribution in [2.75, 3.05) is 0 Å². The van der Waals surface area contributed by atoms with Crippen LogP contribution in [0.15, 0.2) is 47.5 Å². The second-order valence-electron chi connectivity index (χ2n) is 3.46. The molecule has 3 aromatic rings. The van der Waals surface area contributed by atoms with Crippen LogP contribution in [0.5, 0.6) is 0 Å². The van der Waals surface area contributed by atoms with Crippen molar-refractivity contribution < 1.29 is 0 Å². The molecule has 0 aliphatic rings. The number of H-pyrrole nitrogens is 1. The van der Waals surface area contributed by atoms with Crippen LogP contribution in [0.1, 0.15) is 0 Å². The normalized spacial score (nSPS) is 10.8. The van der Waals surface area contributed by atoms with Gasteiger partial charge in [-0.2, -0.15) is 0 Å². The molecule has 78 valence electrons. The van der Waals surface area contributed by atoms with Gasteiger partial charge in [0.05, 0.1) is 5.69 Å². The van der Waals surface area contributed by atoms with Crippen molar-refractivity contribution in [3.63, 3.8) is 0 Å². The molecule has 0 unspecified atom stereocenters. The molecule has 0 bridgehead atoms. The minimum atomic E-state index is 0.607. The zero-order valence-corrected chi connectivity index (χ0v) is 9.90. The molecule has 0 saturated heterocycles. The van der Waals surface area contributed by atoms with Crippen LogP contribution in [0.4, 0.5) is 0 Å². The van der Waals surface area contributed by atoms with Gasteiger partial charge in [-0.15, -0.1) is 0 Å². The molecule has 0 aliphatic heterocycles. The first-order valence-corrected chi connectivity index (χ1v) is 5.69. The lowest BCUT2D eigenvalue weighted by Crippen LogP contribution is -1.85. The lowest BCUT2D eigenvalue weighted by molar-refractivity contribution is 1.12. The standard InChI is InChI=1S/C12H8BrN3/c13-12-14-6-5-11(16-12)9-7-15-10-4-2-1-3-8(9)10/h1-7,15H. The summed E-state index contributed by atoms with van der Waals surface area (Å²) in [5, 5.41) is 1.17. The molecule has 0 radical (unpaired) electrons. The number of fused-ring (bicyclic) bond motifs is 1. The van der Waals surface area contributed by atoms with Gasteiger partial charge < -0.3 is 4.98 Å². The highest BCUT2D eigenvalue weighted by Crippen LogP contribution is 2.27. The number of aromatic amines is 1. The maximum absolute atomic E-state index is 4.35. The van der Waals surface area contributed by atoms with Crippen LogP contribution in [-0.4, -0.2) is 15.0 Å². The minimum Gasteiger partial charge on any atom is -0.360 e. The number of para-hydroxylation sites is 1. The van der Waals surface area contributed by atoms with E-state index in [4.69, 9.17) is 0 Å². The van der Waals surface area contributed by atoms with Gasteiger partial charge in [-0.3, -0.25) is 0 Å². The quantitative estimate of drug-likeness (QED) is 0.691. The Hall–Kier alpha value is -1.68. The molecule has 0 amide bonds. The van der Waals surface area contributed by atoms with Crippen molar-refractivity contribution in [3.05, 3.63) is 47.5 Å². The number of rotatable bonds is 1. The molecule has 1 N–H and O–H groups in total. The predicted octanol–water partition coefficient (Wildman–Crippen LogP) is 3.39. The highest BCUT2D eigenvalue weighted by molar-refractivity contribution is 9.10. The van der Waals surface area contributed by atoms with Gasteiger partial charge in [-0.25, -0.2) is 9.97 Å². The Kier molecular flexibility index (Phi) is 2.22. The number of nitrogens with one attached hydrogen (secondary N) is 1. The summed E-state index contributed by atoms with van der Waals surface area (Å²) in [6, 6.07) is 10.1. The molecule has 0 spiro atoms. The molecule has 1 aromatic carbocycles. The summed E-state index contributed by atoms with van der Waals surface area (Å²) >= 11 is 3.28. The average Bonchev–Trinajstić information content (AvgIpc) is 2.72. The zero-order chi connectivity index (χ0) is 11.0. The number of halogens is 1. The highest BCUT2D eigenvalue weighted by atomic mass is 79.9. The Bertz CT molecular complexity index is 645. The van der Waals surface area contributed by atoms with Crippen LogP contribution in [0.2, 0.25) is 0 Å². The molecule has 0 fully saturated rings. The first-order chi connectivity index (χ1) is 7.84. The van der Waals surface area contributed by atoms with Crippen LogP contribution in [0, 0.1) is 0 Å². The molecule has 3 nitrogen and oxygen atoms in total. The van der Waals surface area contributed by atoms with Crippen molar-refractivity contribution >= 4 is 26.8 Å². The summed E-state index contributed by atoms with van der Waals surface area (Å²) in [6.07, 6.45) is 3.72. The second-order valence-corrected chi connectivity index (χ2v) is 4.17.